The van der Waals surface area contributed by atoms with Crippen LogP contribution in [0.5, 0.6) is 11.5 Å². The summed E-state index contributed by atoms with van der Waals surface area (Å²) < 4.78 is 6.92. The number of aryl methyl sites for hydroxylation is 1. The number of allylic oxidation sites excluding steroid dienone is 1. The maximum absolute atomic E-state index is 6.92. The average molecular weight is 636 g/mol. The number of nitrogens with zero attached hydrogens (tertiary/aromatic N) is 1. The van der Waals surface area contributed by atoms with E-state index in [1.807, 2.05) is 0 Å². The van der Waals surface area contributed by atoms with E-state index in [4.69, 9.17) is 4.74 Å². The Morgan fingerprint density at radius 3 is 2.10 bits per heavy atom. The summed E-state index contributed by atoms with van der Waals surface area (Å²) in [6.07, 6.45) is 4.69. The Hall–Kier alpha value is -5.34. The van der Waals surface area contributed by atoms with Crippen molar-refractivity contribution >= 4 is 22.6 Å². The van der Waals surface area contributed by atoms with Crippen LogP contribution < -0.4 is 9.64 Å². The molecule has 0 aromatic heterocycles. The first-order valence-corrected chi connectivity index (χ1v) is 17.8. The second-order valence-electron chi connectivity index (χ2n) is 14.1. The molecule has 0 N–H and O–H groups in total. The third-order valence-electron chi connectivity index (χ3n) is 11.4. The van der Waals surface area contributed by atoms with E-state index in [9.17, 15) is 0 Å². The number of rotatable bonds is 5. The third-order valence-corrected chi connectivity index (χ3v) is 11.4. The van der Waals surface area contributed by atoms with E-state index in [-0.39, 0.29) is 0 Å². The maximum atomic E-state index is 6.92. The zero-order valence-electron chi connectivity index (χ0n) is 28.5. The predicted molar refractivity (Wildman–Crippen MR) is 204 cm³/mol. The lowest BCUT2D eigenvalue weighted by Crippen LogP contribution is -2.21. The second kappa shape index (κ2) is 12.0. The first kappa shape index (κ1) is 29.8. The number of para-hydroxylation sites is 3. The van der Waals surface area contributed by atoms with Gasteiger partial charge in [0.25, 0.3) is 0 Å². The zero-order valence-corrected chi connectivity index (χ0v) is 28.5. The Kier molecular flexibility index (Phi) is 7.27. The number of ether oxygens (including phenoxy) is 1. The van der Waals surface area contributed by atoms with E-state index in [1.165, 1.54) is 74.9 Å². The fourth-order valence-electron chi connectivity index (χ4n) is 8.40. The largest absolute Gasteiger partial charge is 0.452 e. The van der Waals surface area contributed by atoms with Crippen molar-refractivity contribution in [3.05, 3.63) is 178 Å². The molecule has 3 aliphatic rings. The van der Waals surface area contributed by atoms with Gasteiger partial charge in [0.1, 0.15) is 0 Å². The monoisotopic (exact) mass is 635 g/mol. The number of hydrogen-bond acceptors (Lipinski definition) is 2. The lowest BCUT2D eigenvalue weighted by atomic mass is 9.70. The second-order valence-corrected chi connectivity index (χ2v) is 14.1. The molecule has 1 fully saturated rings. The van der Waals surface area contributed by atoms with Crippen LogP contribution in [-0.2, 0) is 6.42 Å². The van der Waals surface area contributed by atoms with Gasteiger partial charge in [-0.2, -0.15) is 0 Å². The first-order chi connectivity index (χ1) is 24.1. The number of benzene rings is 6. The van der Waals surface area contributed by atoms with Crippen LogP contribution in [-0.4, -0.2) is 0 Å². The molecule has 240 valence electrons. The molecule has 2 nitrogen and oxygen atoms in total. The van der Waals surface area contributed by atoms with Gasteiger partial charge in [0.15, 0.2) is 11.5 Å². The van der Waals surface area contributed by atoms with Crippen molar-refractivity contribution in [2.45, 2.75) is 58.3 Å². The fraction of sp³-hybridized carbons (Fsp3) is 0.191. The van der Waals surface area contributed by atoms with Gasteiger partial charge in [0.05, 0.1) is 11.4 Å². The van der Waals surface area contributed by atoms with Crippen LogP contribution in [0.25, 0.3) is 16.7 Å². The van der Waals surface area contributed by atoms with Crippen LogP contribution in [0.4, 0.5) is 17.1 Å². The Balaban J connectivity index is 1.13. The molecule has 2 atom stereocenters. The molecule has 49 heavy (non-hydrogen) atoms. The molecular weight excluding hydrogens is 595 g/mol. The minimum Gasteiger partial charge on any atom is -0.452 e. The van der Waals surface area contributed by atoms with Crippen molar-refractivity contribution < 1.29 is 4.74 Å². The van der Waals surface area contributed by atoms with Gasteiger partial charge in [-0.15, -0.1) is 0 Å². The molecule has 0 amide bonds. The van der Waals surface area contributed by atoms with Gasteiger partial charge in [0.2, 0.25) is 0 Å². The minimum absolute atomic E-state index is 0.345. The summed E-state index contributed by atoms with van der Waals surface area (Å²) in [7, 11) is 0. The lowest BCUT2D eigenvalue weighted by molar-refractivity contribution is 0.475. The molecule has 1 aliphatic heterocycles. The molecule has 2 aliphatic carbocycles. The van der Waals surface area contributed by atoms with Crippen LogP contribution in [0, 0.1) is 13.8 Å². The highest BCUT2D eigenvalue weighted by atomic mass is 16.5. The molecule has 0 radical (unpaired) electrons. The van der Waals surface area contributed by atoms with Crippen LogP contribution >= 0.6 is 0 Å². The van der Waals surface area contributed by atoms with Crippen molar-refractivity contribution in [3.8, 4) is 22.6 Å². The zero-order chi connectivity index (χ0) is 33.1. The highest BCUT2D eigenvalue weighted by Gasteiger charge is 2.36. The Bertz CT molecular complexity index is 2220. The average Bonchev–Trinajstić information content (AvgIpc) is 3.13. The molecule has 6 aromatic rings. The molecular formula is C47H41NO. The Morgan fingerprint density at radius 1 is 0.673 bits per heavy atom. The molecule has 2 heteroatoms. The van der Waals surface area contributed by atoms with Crippen LogP contribution in [0.15, 0.2) is 139 Å². The summed E-state index contributed by atoms with van der Waals surface area (Å²) in [5.74, 6) is 2.55. The molecule has 0 saturated heterocycles. The number of fused-ring (bicyclic) bond motifs is 6. The summed E-state index contributed by atoms with van der Waals surface area (Å²) in [4.78, 5) is 2.36. The molecule has 1 saturated carbocycles. The Morgan fingerprint density at radius 2 is 1.37 bits per heavy atom. The van der Waals surface area contributed by atoms with E-state index in [0.29, 0.717) is 11.8 Å². The SMILES string of the molecule is Cc1ccc2c(c1C)-c1c(ccc3c1Oc1ccccc1N3c1ccccc1)CC2C(C)c1ccc(C(=C2CCC2)c2ccccc2)cc1. The third kappa shape index (κ3) is 4.93. The van der Waals surface area contributed by atoms with Gasteiger partial charge in [-0.1, -0.05) is 116 Å². The van der Waals surface area contributed by atoms with Gasteiger partial charge in [-0.25, -0.2) is 0 Å². The van der Waals surface area contributed by atoms with Crippen LogP contribution in [0.2, 0.25) is 0 Å². The molecule has 9 rings (SSSR count). The van der Waals surface area contributed by atoms with E-state index < -0.39 is 0 Å². The van der Waals surface area contributed by atoms with E-state index >= 15 is 0 Å². The highest BCUT2D eigenvalue weighted by molar-refractivity contribution is 5.94. The molecule has 6 aromatic carbocycles. The van der Waals surface area contributed by atoms with Gasteiger partial charge in [-0.05, 0) is 132 Å². The van der Waals surface area contributed by atoms with Crippen molar-refractivity contribution in [3.63, 3.8) is 0 Å². The van der Waals surface area contributed by atoms with Gasteiger partial charge in [-0.3, -0.25) is 0 Å². The predicted octanol–water partition coefficient (Wildman–Crippen LogP) is 13.0. The van der Waals surface area contributed by atoms with Gasteiger partial charge < -0.3 is 9.64 Å². The number of anilines is 3. The van der Waals surface area contributed by atoms with Crippen LogP contribution in [0.1, 0.15) is 77.0 Å². The summed E-state index contributed by atoms with van der Waals surface area (Å²) in [6, 6.07) is 48.9. The summed E-state index contributed by atoms with van der Waals surface area (Å²) in [6.45, 7) is 6.96. The standard InChI is InChI=1S/C47H41NO/c1-30-21-27-39-40(32(3)33-22-24-36(25-23-33)45(35-15-12-16-35)34-13-6-4-7-14-34)29-37-26-28-42-47(46(37)44(39)31(30)2)49-43-20-11-10-19-41(43)48(42)38-17-8-5-9-18-38/h4-11,13-14,17-28,32,40H,12,15-16,29H2,1-3H3. The quantitative estimate of drug-likeness (QED) is 0.187. The van der Waals surface area contributed by atoms with Crippen molar-refractivity contribution in [1.82, 2.24) is 0 Å². The van der Waals surface area contributed by atoms with E-state index in [1.54, 1.807) is 5.57 Å². The minimum atomic E-state index is 0.345. The maximum Gasteiger partial charge on any atom is 0.159 e. The van der Waals surface area contributed by atoms with Crippen molar-refractivity contribution in [2.75, 3.05) is 4.90 Å². The summed E-state index contributed by atoms with van der Waals surface area (Å²) in [5, 5.41) is 0. The van der Waals surface area contributed by atoms with E-state index in [2.05, 4.69) is 159 Å². The highest BCUT2D eigenvalue weighted by Crippen LogP contribution is 2.58. The van der Waals surface area contributed by atoms with E-state index in [0.717, 1.165) is 35.0 Å². The normalized spacial score (nSPS) is 16.3. The topological polar surface area (TPSA) is 12.5 Å². The summed E-state index contributed by atoms with van der Waals surface area (Å²) in [5.41, 5.74) is 18.4. The fourth-order valence-corrected chi connectivity index (χ4v) is 8.40. The molecule has 0 spiro atoms. The molecule has 0 bridgehead atoms. The first-order valence-electron chi connectivity index (χ1n) is 17.8. The van der Waals surface area contributed by atoms with Crippen molar-refractivity contribution in [1.29, 1.82) is 0 Å². The number of hydrogen-bond donors (Lipinski definition) is 0. The molecule has 1 heterocycles. The van der Waals surface area contributed by atoms with Gasteiger partial charge in [0, 0.05) is 11.3 Å². The Labute approximate surface area is 290 Å². The van der Waals surface area contributed by atoms with Crippen LogP contribution in [0.3, 0.4) is 0 Å². The smallest absolute Gasteiger partial charge is 0.159 e. The van der Waals surface area contributed by atoms with Crippen molar-refractivity contribution in [2.24, 2.45) is 0 Å². The lowest BCUT2D eigenvalue weighted by Gasteiger charge is -2.38. The summed E-state index contributed by atoms with van der Waals surface area (Å²) >= 11 is 0. The van der Waals surface area contributed by atoms with Gasteiger partial charge >= 0.3 is 0 Å². The molecule has 2 unspecified atom stereocenters.